The number of aromatic nitrogens is 1. The zero-order chi connectivity index (χ0) is 16.8. The molecule has 0 saturated heterocycles. The molecule has 5 nitrogen and oxygen atoms in total. The van der Waals surface area contributed by atoms with Crippen molar-refractivity contribution in [2.24, 2.45) is 0 Å². The molecule has 24 heavy (non-hydrogen) atoms. The Morgan fingerprint density at radius 1 is 1.21 bits per heavy atom. The van der Waals surface area contributed by atoms with Crippen molar-refractivity contribution < 1.29 is 14.0 Å². The molecule has 3 N–H and O–H groups in total. The van der Waals surface area contributed by atoms with Gasteiger partial charge in [0.1, 0.15) is 5.69 Å². The highest BCUT2D eigenvalue weighted by atomic mass is 35.5. The van der Waals surface area contributed by atoms with Gasteiger partial charge in [-0.25, -0.2) is 4.39 Å². The second-order valence-electron chi connectivity index (χ2n) is 5.56. The van der Waals surface area contributed by atoms with E-state index in [2.05, 4.69) is 15.6 Å². The maximum atomic E-state index is 14.0. The Labute approximate surface area is 140 Å². The molecule has 1 aliphatic heterocycles. The molecule has 2 amide bonds. The summed E-state index contributed by atoms with van der Waals surface area (Å²) in [5, 5.41) is 6.01. The van der Waals surface area contributed by atoms with Gasteiger partial charge in [-0.1, -0.05) is 17.7 Å². The lowest BCUT2D eigenvalue weighted by Crippen LogP contribution is -2.12. The summed E-state index contributed by atoms with van der Waals surface area (Å²) in [4.78, 5) is 26.5. The first kappa shape index (κ1) is 14.7. The number of carbonyl (C=O) groups is 2. The Kier molecular flexibility index (Phi) is 3.28. The van der Waals surface area contributed by atoms with Crippen LogP contribution in [0.1, 0.15) is 16.1 Å². The number of nitrogens with one attached hydrogen (secondary N) is 3. The van der Waals surface area contributed by atoms with Crippen LogP contribution in [-0.2, 0) is 11.2 Å². The highest BCUT2D eigenvalue weighted by Crippen LogP contribution is 2.27. The lowest BCUT2D eigenvalue weighted by atomic mass is 10.1. The summed E-state index contributed by atoms with van der Waals surface area (Å²) in [6, 6.07) is 9.82. The fourth-order valence-electron chi connectivity index (χ4n) is 2.77. The minimum Gasteiger partial charge on any atom is -0.348 e. The molecule has 0 fully saturated rings. The Bertz CT molecular complexity index is 1010. The van der Waals surface area contributed by atoms with Gasteiger partial charge in [-0.2, -0.15) is 0 Å². The maximum Gasteiger partial charge on any atom is 0.272 e. The van der Waals surface area contributed by atoms with E-state index in [0.717, 1.165) is 11.3 Å². The summed E-state index contributed by atoms with van der Waals surface area (Å²) in [6.45, 7) is 0. The van der Waals surface area contributed by atoms with E-state index in [4.69, 9.17) is 11.6 Å². The van der Waals surface area contributed by atoms with Crippen LogP contribution in [0.5, 0.6) is 0 Å². The smallest absolute Gasteiger partial charge is 0.272 e. The van der Waals surface area contributed by atoms with Crippen LogP contribution in [0.25, 0.3) is 10.9 Å². The molecular weight excluding hydrogens is 333 g/mol. The number of carbonyl (C=O) groups excluding carboxylic acids is 2. The molecule has 2 heterocycles. The molecule has 0 aliphatic carbocycles. The van der Waals surface area contributed by atoms with Gasteiger partial charge in [0.2, 0.25) is 5.91 Å². The summed E-state index contributed by atoms with van der Waals surface area (Å²) < 4.78 is 14.0. The van der Waals surface area contributed by atoms with Crippen LogP contribution < -0.4 is 10.6 Å². The van der Waals surface area contributed by atoms with Crippen LogP contribution in [0, 0.1) is 5.82 Å². The summed E-state index contributed by atoms with van der Waals surface area (Å²) in [5.41, 5.74) is 2.55. The van der Waals surface area contributed by atoms with Crippen LogP contribution in [0.3, 0.4) is 0 Å². The van der Waals surface area contributed by atoms with Gasteiger partial charge in [0.15, 0.2) is 5.82 Å². The molecule has 0 spiro atoms. The van der Waals surface area contributed by atoms with E-state index in [-0.39, 0.29) is 28.6 Å². The van der Waals surface area contributed by atoms with Gasteiger partial charge in [-0.3, -0.25) is 9.59 Å². The lowest BCUT2D eigenvalue weighted by Gasteiger charge is -2.06. The van der Waals surface area contributed by atoms with Crippen molar-refractivity contribution in [3.8, 4) is 0 Å². The Morgan fingerprint density at radius 3 is 2.88 bits per heavy atom. The number of halogens is 2. The number of anilines is 2. The highest BCUT2D eigenvalue weighted by molar-refractivity contribution is 6.31. The minimum atomic E-state index is -0.588. The molecule has 3 aromatic rings. The monoisotopic (exact) mass is 343 g/mol. The minimum absolute atomic E-state index is 0.00732. The van der Waals surface area contributed by atoms with E-state index < -0.39 is 11.7 Å². The van der Waals surface area contributed by atoms with Crippen molar-refractivity contribution in [2.75, 3.05) is 10.6 Å². The predicted octanol–water partition coefficient (Wildman–Crippen LogP) is 3.71. The van der Waals surface area contributed by atoms with Crippen LogP contribution in [0.4, 0.5) is 15.8 Å². The number of H-pyrrole nitrogens is 1. The first-order valence-corrected chi connectivity index (χ1v) is 7.60. The maximum absolute atomic E-state index is 14.0. The van der Waals surface area contributed by atoms with Gasteiger partial charge in [-0.05, 0) is 35.9 Å². The van der Waals surface area contributed by atoms with Crippen LogP contribution in [0.2, 0.25) is 5.02 Å². The molecule has 0 bridgehead atoms. The van der Waals surface area contributed by atoms with Crippen molar-refractivity contribution in [1.29, 1.82) is 0 Å². The summed E-state index contributed by atoms with van der Waals surface area (Å²) in [7, 11) is 0. The quantitative estimate of drug-likeness (QED) is 0.663. The summed E-state index contributed by atoms with van der Waals surface area (Å²) in [5.74, 6) is -1.06. The highest BCUT2D eigenvalue weighted by Gasteiger charge is 2.19. The zero-order valence-electron chi connectivity index (χ0n) is 12.2. The van der Waals surface area contributed by atoms with Crippen molar-refractivity contribution >= 4 is 45.7 Å². The lowest BCUT2D eigenvalue weighted by molar-refractivity contribution is -0.115. The van der Waals surface area contributed by atoms with E-state index in [9.17, 15) is 14.0 Å². The number of hydrogen-bond acceptors (Lipinski definition) is 2. The molecule has 7 heteroatoms. The molecule has 0 atom stereocenters. The normalized spacial score (nSPS) is 13.0. The van der Waals surface area contributed by atoms with Gasteiger partial charge in [-0.15, -0.1) is 0 Å². The number of rotatable bonds is 2. The van der Waals surface area contributed by atoms with Gasteiger partial charge >= 0.3 is 0 Å². The number of benzene rings is 2. The molecule has 1 aliphatic rings. The third kappa shape index (κ3) is 2.41. The van der Waals surface area contributed by atoms with Crippen molar-refractivity contribution in [2.45, 2.75) is 6.42 Å². The third-order valence-electron chi connectivity index (χ3n) is 3.92. The van der Waals surface area contributed by atoms with Gasteiger partial charge in [0.05, 0.1) is 17.0 Å². The number of fused-ring (bicyclic) bond motifs is 2. The summed E-state index contributed by atoms with van der Waals surface area (Å²) in [6.07, 6.45) is 0.287. The second kappa shape index (κ2) is 5.35. The molecule has 2 aromatic carbocycles. The van der Waals surface area contributed by atoms with E-state index in [1.165, 1.54) is 6.07 Å². The average Bonchev–Trinajstić information content (AvgIpc) is 3.13. The topological polar surface area (TPSA) is 74.0 Å². The largest absolute Gasteiger partial charge is 0.348 e. The van der Waals surface area contributed by atoms with Crippen molar-refractivity contribution in [3.05, 3.63) is 58.5 Å². The standard InChI is InChI=1S/C17H11ClFN3O2/c18-11-3-1-8-6-13(22-16(8)15(11)19)17(24)20-10-2-4-12-9(5-10)7-14(23)21-12/h1-6,22H,7H2,(H,20,24)(H,21,23). The molecule has 4 rings (SSSR count). The first-order valence-electron chi connectivity index (χ1n) is 7.22. The second-order valence-corrected chi connectivity index (χ2v) is 5.97. The molecule has 0 radical (unpaired) electrons. The SMILES string of the molecule is O=C1Cc2cc(NC(=O)c3cc4ccc(Cl)c(F)c4[nH]3)ccc2N1. The van der Waals surface area contributed by atoms with Crippen molar-refractivity contribution in [3.63, 3.8) is 0 Å². The van der Waals surface area contributed by atoms with Crippen LogP contribution in [0.15, 0.2) is 36.4 Å². The zero-order valence-corrected chi connectivity index (χ0v) is 13.0. The van der Waals surface area contributed by atoms with E-state index in [1.807, 2.05) is 0 Å². The van der Waals surface area contributed by atoms with Gasteiger partial charge < -0.3 is 15.6 Å². The molecule has 1 aromatic heterocycles. The molecule has 120 valence electrons. The van der Waals surface area contributed by atoms with Gasteiger partial charge in [0, 0.05) is 16.8 Å². The van der Waals surface area contributed by atoms with Crippen molar-refractivity contribution in [1.82, 2.24) is 4.98 Å². The molecule has 0 unspecified atom stereocenters. The average molecular weight is 344 g/mol. The Balaban J connectivity index is 1.62. The summed E-state index contributed by atoms with van der Waals surface area (Å²) >= 11 is 5.74. The first-order chi connectivity index (χ1) is 11.5. The van der Waals surface area contributed by atoms with E-state index in [0.29, 0.717) is 11.1 Å². The predicted molar refractivity (Wildman–Crippen MR) is 90.0 cm³/mol. The number of hydrogen-bond donors (Lipinski definition) is 3. The Hall–Kier alpha value is -2.86. The van der Waals surface area contributed by atoms with E-state index in [1.54, 1.807) is 30.3 Å². The molecular formula is C17H11ClFN3O2. The number of aromatic amines is 1. The van der Waals surface area contributed by atoms with E-state index >= 15 is 0 Å². The fraction of sp³-hybridized carbons (Fsp3) is 0.0588. The Morgan fingerprint density at radius 2 is 2.04 bits per heavy atom. The third-order valence-corrected chi connectivity index (χ3v) is 4.21. The van der Waals surface area contributed by atoms with Crippen LogP contribution in [-0.4, -0.2) is 16.8 Å². The fourth-order valence-corrected chi connectivity index (χ4v) is 2.92. The molecule has 0 saturated carbocycles. The number of amides is 2. The van der Waals surface area contributed by atoms with Crippen LogP contribution >= 0.6 is 11.6 Å². The van der Waals surface area contributed by atoms with Gasteiger partial charge in [0.25, 0.3) is 5.91 Å².